The van der Waals surface area contributed by atoms with E-state index in [0.717, 1.165) is 68.9 Å². The maximum atomic E-state index is 14.2. The van der Waals surface area contributed by atoms with Crippen LogP contribution in [-0.2, 0) is 56.9 Å². The first kappa shape index (κ1) is 39.4. The maximum Gasteiger partial charge on any atom is 0.308 e. The molecule has 0 aliphatic carbocycles. The van der Waals surface area contributed by atoms with Crippen LogP contribution < -0.4 is 0 Å². The highest BCUT2D eigenvalue weighted by Gasteiger charge is 2.81. The molecule has 0 amide bonds. The molecule has 0 saturated carbocycles. The first-order valence-corrected chi connectivity index (χ1v) is 23.1. The fourth-order valence-electron chi connectivity index (χ4n) is 13.6. The van der Waals surface area contributed by atoms with E-state index < -0.39 is 36.0 Å². The van der Waals surface area contributed by atoms with Gasteiger partial charge in [-0.05, 0) is 94.1 Å². The van der Waals surface area contributed by atoms with Crippen molar-refractivity contribution in [1.82, 2.24) is 0 Å². The van der Waals surface area contributed by atoms with Crippen LogP contribution in [0.4, 0.5) is 0 Å². The van der Waals surface area contributed by atoms with Crippen LogP contribution in [0.3, 0.4) is 0 Å². The zero-order chi connectivity index (χ0) is 39.8. The molecule has 23 atom stereocenters. The largest absolute Gasteiger partial charge is 0.459 e. The summed E-state index contributed by atoms with van der Waals surface area (Å²) in [5, 5.41) is 0. The summed E-state index contributed by atoms with van der Waals surface area (Å²) < 4.78 is 75.8. The Morgan fingerprint density at radius 1 is 0.638 bits per heavy atom. The van der Waals surface area contributed by atoms with Crippen molar-refractivity contribution >= 4 is 5.97 Å². The SMILES string of the molecule is C=C1CC2CCC34OC5C6OC(CCC6OC6C5OC5(OC(C)CC35)C6O4)CC(=O)OC3C(CC4OC(CCC1O2)CC(C)C4=C)OC1CC(C)C(CC)OC1C3C. The molecule has 23 unspecified atom stereocenters. The van der Waals surface area contributed by atoms with Crippen molar-refractivity contribution < 1.29 is 56.9 Å². The maximum absolute atomic E-state index is 14.2. The number of hydrogen-bond acceptors (Lipinski definition) is 12. The molecule has 12 aliphatic heterocycles. The molecule has 0 radical (unpaired) electrons. The summed E-state index contributed by atoms with van der Waals surface area (Å²) in [4.78, 5) is 14.2. The van der Waals surface area contributed by atoms with Crippen molar-refractivity contribution in [2.24, 2.45) is 23.7 Å². The van der Waals surface area contributed by atoms with Gasteiger partial charge in [0.25, 0.3) is 0 Å². The third-order valence-corrected chi connectivity index (χ3v) is 16.5. The summed E-state index contributed by atoms with van der Waals surface area (Å²) in [7, 11) is 0. The minimum Gasteiger partial charge on any atom is -0.459 e. The van der Waals surface area contributed by atoms with E-state index in [9.17, 15) is 4.79 Å². The molecule has 0 aromatic heterocycles. The van der Waals surface area contributed by atoms with Crippen molar-refractivity contribution in [3.8, 4) is 0 Å². The van der Waals surface area contributed by atoms with Crippen molar-refractivity contribution in [2.75, 3.05) is 0 Å². The summed E-state index contributed by atoms with van der Waals surface area (Å²) in [5.41, 5.74) is 2.23. The molecule has 12 rings (SSSR count). The fourth-order valence-corrected chi connectivity index (χ4v) is 13.6. The minimum atomic E-state index is -0.930. The van der Waals surface area contributed by atoms with Gasteiger partial charge in [-0.2, -0.15) is 0 Å². The van der Waals surface area contributed by atoms with E-state index in [1.165, 1.54) is 0 Å². The molecular weight excluding hydrogens is 744 g/mol. The van der Waals surface area contributed by atoms with Crippen LogP contribution in [-0.4, -0.2) is 121 Å². The lowest BCUT2D eigenvalue weighted by Gasteiger charge is -2.51. The molecule has 2 spiro atoms. The number of carbonyl (C=O) groups excluding carboxylic acids is 1. The molecule has 12 saturated heterocycles. The minimum absolute atomic E-state index is 0.00861. The molecule has 12 nitrogen and oxygen atoms in total. The van der Waals surface area contributed by atoms with E-state index in [-0.39, 0.29) is 109 Å². The van der Waals surface area contributed by atoms with E-state index >= 15 is 0 Å². The van der Waals surface area contributed by atoms with Crippen LogP contribution >= 0.6 is 0 Å². The van der Waals surface area contributed by atoms with Crippen LogP contribution in [0.1, 0.15) is 118 Å². The normalized spacial score (nSPS) is 57.5. The lowest BCUT2D eigenvalue weighted by Crippen LogP contribution is -2.62. The Morgan fingerprint density at radius 3 is 2.26 bits per heavy atom. The summed E-state index contributed by atoms with van der Waals surface area (Å²) in [6.07, 6.45) is 5.90. The quantitative estimate of drug-likeness (QED) is 0.220. The van der Waals surface area contributed by atoms with E-state index in [1.807, 2.05) is 0 Å². The van der Waals surface area contributed by atoms with Gasteiger partial charge in [0.1, 0.15) is 36.6 Å². The molecule has 0 aromatic rings. The Bertz CT molecular complexity index is 1640. The van der Waals surface area contributed by atoms with E-state index in [4.69, 9.17) is 52.1 Å². The lowest BCUT2D eigenvalue weighted by atomic mass is 9.78. The van der Waals surface area contributed by atoms with Crippen molar-refractivity contribution in [1.29, 1.82) is 0 Å². The zero-order valence-electron chi connectivity index (χ0n) is 35.1. The summed E-state index contributed by atoms with van der Waals surface area (Å²) >= 11 is 0. The highest BCUT2D eigenvalue weighted by atomic mass is 16.8. The third kappa shape index (κ3) is 6.22. The van der Waals surface area contributed by atoms with E-state index in [2.05, 4.69) is 47.8 Å². The molecule has 12 aliphatic rings. The second-order valence-electron chi connectivity index (χ2n) is 20.3. The number of ether oxygens (including phenoxy) is 11. The summed E-state index contributed by atoms with van der Waals surface area (Å²) in [5.74, 6) is -1.64. The zero-order valence-corrected chi connectivity index (χ0v) is 35.1. The van der Waals surface area contributed by atoms with Gasteiger partial charge in [-0.3, -0.25) is 4.79 Å². The Hall–Kier alpha value is -1.45. The second kappa shape index (κ2) is 14.6. The van der Waals surface area contributed by atoms with Crippen molar-refractivity contribution in [3.63, 3.8) is 0 Å². The van der Waals surface area contributed by atoms with Crippen LogP contribution in [0.15, 0.2) is 24.3 Å². The van der Waals surface area contributed by atoms with Gasteiger partial charge in [-0.15, -0.1) is 0 Å². The van der Waals surface area contributed by atoms with Gasteiger partial charge >= 0.3 is 5.97 Å². The van der Waals surface area contributed by atoms with E-state index in [0.29, 0.717) is 25.2 Å². The number of fused-ring (bicyclic) bond motifs is 7. The average molecular weight is 811 g/mol. The van der Waals surface area contributed by atoms with Crippen molar-refractivity contribution in [2.45, 2.75) is 233 Å². The Morgan fingerprint density at radius 2 is 1.41 bits per heavy atom. The molecular formula is C46H66O12. The predicted octanol–water partition coefficient (Wildman–Crippen LogP) is 6.25. The monoisotopic (exact) mass is 810 g/mol. The molecule has 12 bridgehead atoms. The first-order valence-electron chi connectivity index (χ1n) is 23.1. The van der Waals surface area contributed by atoms with Crippen LogP contribution in [0, 0.1) is 23.7 Å². The first-order chi connectivity index (χ1) is 27.9. The van der Waals surface area contributed by atoms with Gasteiger partial charge in [0.15, 0.2) is 5.79 Å². The number of carbonyl (C=O) groups is 1. The van der Waals surface area contributed by atoms with Crippen molar-refractivity contribution in [3.05, 3.63) is 24.3 Å². The highest BCUT2D eigenvalue weighted by Crippen LogP contribution is 2.65. The van der Waals surface area contributed by atoms with Crippen LogP contribution in [0.25, 0.3) is 0 Å². The summed E-state index contributed by atoms with van der Waals surface area (Å²) in [6, 6.07) is 0. The highest BCUT2D eigenvalue weighted by molar-refractivity contribution is 5.70. The van der Waals surface area contributed by atoms with E-state index in [1.54, 1.807) is 0 Å². The summed E-state index contributed by atoms with van der Waals surface area (Å²) in [6.45, 7) is 20.0. The van der Waals surface area contributed by atoms with Crippen LogP contribution in [0.5, 0.6) is 0 Å². The Kier molecular flexibility index (Phi) is 9.89. The van der Waals surface area contributed by atoms with Gasteiger partial charge < -0.3 is 52.1 Å². The Balaban J connectivity index is 0.904. The molecule has 12 heterocycles. The standard InChI is InChI=1S/C46H66O12/c1-8-30-23(4)17-34-38(52-30)26(7)39-35(51-34)20-33-25(6)21(2)15-27(49-33)9-11-31-22(3)16-29(48-31)13-14-45-36-18-24(5)55-46(36)44(58-45)43-42(57-46)41(56-45)40-32(53-43)12-10-28(50-40)19-37(47)54-39/h21,23-24,26-36,38-44H,3,6,8-20H2,1-2,4-5,7H3. The molecule has 12 heteroatoms. The van der Waals surface area contributed by atoms with Gasteiger partial charge in [0.2, 0.25) is 5.79 Å². The lowest BCUT2D eigenvalue weighted by molar-refractivity contribution is -0.312. The number of rotatable bonds is 1. The molecule has 0 aromatic carbocycles. The molecule has 0 N–H and O–H groups in total. The fraction of sp³-hybridized carbons (Fsp3) is 0.891. The predicted molar refractivity (Wildman–Crippen MR) is 207 cm³/mol. The van der Waals surface area contributed by atoms with Gasteiger partial charge in [0.05, 0.1) is 79.5 Å². The topological polar surface area (TPSA) is 119 Å². The average Bonchev–Trinajstić information content (AvgIpc) is 3.84. The third-order valence-electron chi connectivity index (χ3n) is 16.5. The van der Waals surface area contributed by atoms with Gasteiger partial charge in [0, 0.05) is 18.8 Å². The molecule has 322 valence electrons. The molecule has 12 fully saturated rings. The van der Waals surface area contributed by atoms with Crippen LogP contribution in [0.2, 0.25) is 0 Å². The number of esters is 1. The number of hydrogen-bond donors (Lipinski definition) is 0. The smallest absolute Gasteiger partial charge is 0.308 e. The molecule has 58 heavy (non-hydrogen) atoms. The van der Waals surface area contributed by atoms with Gasteiger partial charge in [-0.25, -0.2) is 0 Å². The second-order valence-corrected chi connectivity index (χ2v) is 20.3. The Labute approximate surface area is 343 Å². The van der Waals surface area contributed by atoms with Gasteiger partial charge in [-0.1, -0.05) is 40.9 Å².